The third kappa shape index (κ3) is 3.64. The van der Waals surface area contributed by atoms with Crippen molar-refractivity contribution >= 4 is 11.9 Å². The van der Waals surface area contributed by atoms with Gasteiger partial charge in [0.2, 0.25) is 5.78 Å². The van der Waals surface area contributed by atoms with Crippen LogP contribution >= 0.6 is 0 Å². The average molecular weight is 279 g/mol. The summed E-state index contributed by atoms with van der Waals surface area (Å²) in [6.45, 7) is 2.06. The van der Waals surface area contributed by atoms with E-state index in [1.54, 1.807) is 6.08 Å². The predicted octanol–water partition coefficient (Wildman–Crippen LogP) is 4.18. The summed E-state index contributed by atoms with van der Waals surface area (Å²) in [6, 6.07) is 14.7. The Bertz CT molecular complexity index is 706. The van der Waals surface area contributed by atoms with Crippen LogP contribution < -0.4 is 0 Å². The zero-order chi connectivity index (χ0) is 15.2. The Labute approximate surface area is 123 Å². The fourth-order valence-corrected chi connectivity index (χ4v) is 1.92. The zero-order valence-corrected chi connectivity index (χ0v) is 11.6. The summed E-state index contributed by atoms with van der Waals surface area (Å²) in [5.41, 5.74) is 2.31. The van der Waals surface area contributed by atoms with Crippen molar-refractivity contribution in [2.45, 2.75) is 13.3 Å². The first-order valence-corrected chi connectivity index (χ1v) is 6.65. The molecule has 0 aliphatic heterocycles. The monoisotopic (exact) mass is 279 g/mol. The molecule has 0 atom stereocenters. The number of allylic oxidation sites excluding steroid dienone is 1. The normalized spacial score (nSPS) is 11.0. The number of aryl methyl sites for hydroxylation is 1. The van der Waals surface area contributed by atoms with Gasteiger partial charge in [0.05, 0.1) is 0 Å². The Morgan fingerprint density at radius 2 is 1.76 bits per heavy atom. The summed E-state index contributed by atoms with van der Waals surface area (Å²) < 4.78 is 12.9. The minimum absolute atomic E-state index is 0.0332. The molecule has 2 rings (SSSR count). The largest absolute Gasteiger partial charge is 0.288 e. The Hall–Kier alpha value is -2.73. The molecule has 0 fully saturated rings. The average Bonchev–Trinajstić information content (AvgIpc) is 2.53. The van der Waals surface area contributed by atoms with Crippen LogP contribution in [-0.2, 0) is 6.42 Å². The van der Waals surface area contributed by atoms with Crippen LogP contribution in [0.3, 0.4) is 0 Å². The molecule has 0 saturated carbocycles. The minimum Gasteiger partial charge on any atom is -0.288 e. The molecule has 104 valence electrons. The van der Waals surface area contributed by atoms with E-state index in [4.69, 9.17) is 5.26 Å². The van der Waals surface area contributed by atoms with Crippen LogP contribution in [0.4, 0.5) is 4.39 Å². The van der Waals surface area contributed by atoms with E-state index in [1.807, 2.05) is 30.3 Å². The molecule has 2 nitrogen and oxygen atoms in total. The van der Waals surface area contributed by atoms with Crippen LogP contribution in [0, 0.1) is 17.1 Å². The number of nitriles is 1. The van der Waals surface area contributed by atoms with E-state index in [9.17, 15) is 9.18 Å². The second-order valence-electron chi connectivity index (χ2n) is 4.60. The van der Waals surface area contributed by atoms with E-state index in [0.29, 0.717) is 5.56 Å². The smallest absolute Gasteiger partial charge is 0.203 e. The second kappa shape index (κ2) is 6.62. The van der Waals surface area contributed by atoms with Gasteiger partial charge < -0.3 is 0 Å². The van der Waals surface area contributed by atoms with Crippen molar-refractivity contribution in [3.8, 4) is 6.07 Å². The highest BCUT2D eigenvalue weighted by Gasteiger charge is 2.12. The topological polar surface area (TPSA) is 40.9 Å². The Morgan fingerprint density at radius 1 is 1.14 bits per heavy atom. The molecular formula is C18H14FNO. The number of hydrogen-bond acceptors (Lipinski definition) is 2. The lowest BCUT2D eigenvalue weighted by atomic mass is 10.0. The van der Waals surface area contributed by atoms with Crippen LogP contribution in [0.5, 0.6) is 0 Å². The van der Waals surface area contributed by atoms with Gasteiger partial charge in [0.15, 0.2) is 0 Å². The van der Waals surface area contributed by atoms with E-state index >= 15 is 0 Å². The van der Waals surface area contributed by atoms with E-state index in [2.05, 4.69) is 6.92 Å². The molecule has 0 spiro atoms. The molecule has 2 aromatic carbocycles. The van der Waals surface area contributed by atoms with Crippen molar-refractivity contribution in [2.75, 3.05) is 0 Å². The van der Waals surface area contributed by atoms with E-state index in [0.717, 1.165) is 12.0 Å². The maximum absolute atomic E-state index is 12.9. The summed E-state index contributed by atoms with van der Waals surface area (Å²) in [6.07, 6.45) is 2.48. The third-order valence-electron chi connectivity index (χ3n) is 3.17. The molecular weight excluding hydrogens is 265 g/mol. The quantitative estimate of drug-likeness (QED) is 0.478. The first-order valence-electron chi connectivity index (χ1n) is 6.65. The highest BCUT2D eigenvalue weighted by Crippen LogP contribution is 2.14. The van der Waals surface area contributed by atoms with Gasteiger partial charge in [-0.2, -0.15) is 5.26 Å². The molecule has 0 heterocycles. The lowest BCUT2D eigenvalue weighted by Gasteiger charge is -2.01. The van der Waals surface area contributed by atoms with Crippen molar-refractivity contribution in [1.29, 1.82) is 5.26 Å². The number of rotatable bonds is 4. The summed E-state index contributed by atoms with van der Waals surface area (Å²) in [5.74, 6) is -0.818. The van der Waals surface area contributed by atoms with Crippen molar-refractivity contribution in [1.82, 2.24) is 0 Å². The van der Waals surface area contributed by atoms with Crippen LogP contribution in [0.25, 0.3) is 6.08 Å². The summed E-state index contributed by atoms with van der Waals surface area (Å²) in [4.78, 5) is 12.2. The Morgan fingerprint density at radius 3 is 2.29 bits per heavy atom. The predicted molar refractivity (Wildman–Crippen MR) is 80.1 cm³/mol. The zero-order valence-electron chi connectivity index (χ0n) is 11.6. The molecule has 0 unspecified atom stereocenters. The number of hydrogen-bond donors (Lipinski definition) is 0. The molecule has 0 aliphatic carbocycles. The molecule has 2 aromatic rings. The Kier molecular flexibility index (Phi) is 4.63. The molecule has 0 saturated heterocycles. The third-order valence-corrected chi connectivity index (χ3v) is 3.17. The summed E-state index contributed by atoms with van der Waals surface area (Å²) in [7, 11) is 0. The van der Waals surface area contributed by atoms with Gasteiger partial charge >= 0.3 is 0 Å². The standard InChI is InChI=1S/C18H14FNO/c1-2-13-3-5-14(6-4-13)11-16(12-20)18(21)15-7-9-17(19)10-8-15/h3-11H,2H2,1H3/b16-11+. The SMILES string of the molecule is CCc1ccc(/C=C(\C#N)C(=O)c2ccc(F)cc2)cc1. The molecule has 0 amide bonds. The van der Waals surface area contributed by atoms with Gasteiger partial charge in [0, 0.05) is 5.56 Å². The summed E-state index contributed by atoms with van der Waals surface area (Å²) in [5, 5.41) is 9.16. The van der Waals surface area contributed by atoms with Gasteiger partial charge in [-0.25, -0.2) is 4.39 Å². The summed E-state index contributed by atoms with van der Waals surface area (Å²) >= 11 is 0. The Balaban J connectivity index is 2.29. The number of carbonyl (C=O) groups excluding carboxylic acids is 1. The molecule has 21 heavy (non-hydrogen) atoms. The van der Waals surface area contributed by atoms with Gasteiger partial charge in [-0.15, -0.1) is 0 Å². The molecule has 0 aliphatic rings. The molecule has 0 bridgehead atoms. The van der Waals surface area contributed by atoms with Gasteiger partial charge in [0.1, 0.15) is 17.5 Å². The van der Waals surface area contributed by atoms with Gasteiger partial charge in [-0.3, -0.25) is 4.79 Å². The number of ketones is 1. The van der Waals surface area contributed by atoms with E-state index < -0.39 is 11.6 Å². The molecule has 0 radical (unpaired) electrons. The van der Waals surface area contributed by atoms with E-state index in [-0.39, 0.29) is 5.57 Å². The fraction of sp³-hybridized carbons (Fsp3) is 0.111. The van der Waals surface area contributed by atoms with Gasteiger partial charge in [-0.05, 0) is 47.9 Å². The minimum atomic E-state index is -0.413. The van der Waals surface area contributed by atoms with Crippen molar-refractivity contribution in [2.24, 2.45) is 0 Å². The molecule has 0 aromatic heterocycles. The van der Waals surface area contributed by atoms with Gasteiger partial charge in [-0.1, -0.05) is 31.2 Å². The number of carbonyl (C=O) groups is 1. The van der Waals surface area contributed by atoms with Crippen molar-refractivity contribution < 1.29 is 9.18 Å². The number of benzene rings is 2. The second-order valence-corrected chi connectivity index (χ2v) is 4.60. The maximum Gasteiger partial charge on any atom is 0.203 e. The molecule has 0 N–H and O–H groups in total. The van der Waals surface area contributed by atoms with Crippen LogP contribution in [-0.4, -0.2) is 5.78 Å². The molecule has 3 heteroatoms. The van der Waals surface area contributed by atoms with Gasteiger partial charge in [0.25, 0.3) is 0 Å². The first kappa shape index (κ1) is 14.7. The lowest BCUT2D eigenvalue weighted by Crippen LogP contribution is -2.01. The first-order chi connectivity index (χ1) is 10.1. The van der Waals surface area contributed by atoms with Crippen molar-refractivity contribution in [3.05, 3.63) is 76.6 Å². The van der Waals surface area contributed by atoms with Crippen molar-refractivity contribution in [3.63, 3.8) is 0 Å². The maximum atomic E-state index is 12.9. The van der Waals surface area contributed by atoms with Crippen LogP contribution in [0.1, 0.15) is 28.4 Å². The van der Waals surface area contributed by atoms with E-state index in [1.165, 1.54) is 29.8 Å². The highest BCUT2D eigenvalue weighted by atomic mass is 19.1. The lowest BCUT2D eigenvalue weighted by molar-refractivity contribution is 0.104. The van der Waals surface area contributed by atoms with Crippen LogP contribution in [0.2, 0.25) is 0 Å². The number of nitrogens with zero attached hydrogens (tertiary/aromatic N) is 1. The highest BCUT2D eigenvalue weighted by molar-refractivity contribution is 6.14. The number of Topliss-reactive ketones (excluding diaryl/α,β-unsaturated/α-hetero) is 1. The number of halogens is 1. The fourth-order valence-electron chi connectivity index (χ4n) is 1.92. The van der Waals surface area contributed by atoms with Crippen LogP contribution in [0.15, 0.2) is 54.1 Å².